The van der Waals surface area contributed by atoms with Crippen molar-refractivity contribution in [2.24, 2.45) is 0 Å². The number of pyridine rings is 1. The van der Waals surface area contributed by atoms with E-state index < -0.39 is 11.9 Å². The summed E-state index contributed by atoms with van der Waals surface area (Å²) >= 11 is 1.26. The molecular formula is C13H11F3N2OS. The molecule has 1 amide bonds. The Bertz CT molecular complexity index is 616. The largest absolute Gasteiger partial charge is 0.433 e. The highest BCUT2D eigenvalue weighted by molar-refractivity contribution is 7.99. The topological polar surface area (TPSA) is 42.0 Å². The Morgan fingerprint density at radius 2 is 2.05 bits per heavy atom. The summed E-state index contributed by atoms with van der Waals surface area (Å²) in [4.78, 5) is 14.3. The van der Waals surface area contributed by atoms with Crippen molar-refractivity contribution in [2.45, 2.75) is 11.1 Å². The first-order valence-electron chi connectivity index (χ1n) is 5.79. The third-order valence-corrected chi connectivity index (χ3v) is 3.61. The van der Waals surface area contributed by atoms with Crippen molar-refractivity contribution >= 4 is 29.1 Å². The van der Waals surface area contributed by atoms with Gasteiger partial charge in [-0.2, -0.15) is 13.2 Å². The van der Waals surface area contributed by atoms with Gasteiger partial charge >= 0.3 is 6.18 Å². The number of carbonyl (C=O) groups excluding carboxylic acids is 1. The van der Waals surface area contributed by atoms with Gasteiger partial charge in [-0.3, -0.25) is 4.79 Å². The van der Waals surface area contributed by atoms with Crippen LogP contribution in [0.25, 0.3) is 10.9 Å². The number of para-hydroxylation sites is 1. The van der Waals surface area contributed by atoms with E-state index in [1.807, 2.05) is 0 Å². The fourth-order valence-electron chi connectivity index (χ4n) is 1.69. The van der Waals surface area contributed by atoms with E-state index in [0.29, 0.717) is 34.5 Å². The number of alkyl halides is 3. The molecule has 1 heterocycles. The molecule has 0 atom stereocenters. The highest BCUT2D eigenvalue weighted by Gasteiger charge is 2.33. The summed E-state index contributed by atoms with van der Waals surface area (Å²) in [7, 11) is 0. The molecule has 0 spiro atoms. The molecule has 1 N–H and O–H groups in total. The zero-order chi connectivity index (χ0) is 14.6. The molecule has 0 aliphatic heterocycles. The van der Waals surface area contributed by atoms with Gasteiger partial charge in [-0.1, -0.05) is 18.2 Å². The second-order valence-electron chi connectivity index (χ2n) is 3.94. The number of nitrogens with one attached hydrogen (secondary N) is 1. The lowest BCUT2D eigenvalue weighted by Gasteiger charge is -2.11. The molecule has 2 aromatic rings. The van der Waals surface area contributed by atoms with Crippen molar-refractivity contribution in [3.63, 3.8) is 0 Å². The lowest BCUT2D eigenvalue weighted by atomic mass is 10.2. The lowest BCUT2D eigenvalue weighted by Crippen LogP contribution is -2.14. The molecule has 0 aliphatic carbocycles. The van der Waals surface area contributed by atoms with Crippen LogP contribution in [0, 0.1) is 0 Å². The van der Waals surface area contributed by atoms with E-state index in [1.54, 1.807) is 24.3 Å². The van der Waals surface area contributed by atoms with Crippen LogP contribution in [0.1, 0.15) is 5.69 Å². The Balaban J connectivity index is 2.36. The monoisotopic (exact) mass is 300 g/mol. The summed E-state index contributed by atoms with van der Waals surface area (Å²) in [6, 6.07) is 7.74. The molecule has 0 saturated carbocycles. The van der Waals surface area contributed by atoms with Crippen LogP contribution in [0.4, 0.5) is 13.2 Å². The predicted octanol–water partition coefficient (Wildman–Crippen LogP) is 3.09. The van der Waals surface area contributed by atoms with Gasteiger partial charge in [0, 0.05) is 22.6 Å². The number of carbonyl (C=O) groups is 1. The lowest BCUT2D eigenvalue weighted by molar-refractivity contribution is -0.141. The molecule has 1 aromatic heterocycles. The van der Waals surface area contributed by atoms with Crippen LogP contribution in [-0.4, -0.2) is 23.7 Å². The van der Waals surface area contributed by atoms with E-state index in [9.17, 15) is 18.0 Å². The van der Waals surface area contributed by atoms with Gasteiger partial charge in [0.1, 0.15) is 5.69 Å². The summed E-state index contributed by atoms with van der Waals surface area (Å²) in [5.41, 5.74) is -0.588. The molecule has 0 fully saturated rings. The molecule has 0 bridgehead atoms. The van der Waals surface area contributed by atoms with Crippen LogP contribution in [-0.2, 0) is 11.0 Å². The Labute approximate surface area is 117 Å². The Kier molecular flexibility index (Phi) is 4.49. The average Bonchev–Trinajstić information content (AvgIpc) is 2.42. The van der Waals surface area contributed by atoms with E-state index in [4.69, 9.17) is 0 Å². The third-order valence-electron chi connectivity index (χ3n) is 2.56. The number of amides is 1. The van der Waals surface area contributed by atoms with Gasteiger partial charge in [0.2, 0.25) is 6.41 Å². The van der Waals surface area contributed by atoms with E-state index in [-0.39, 0.29) is 0 Å². The molecule has 0 radical (unpaired) electrons. The van der Waals surface area contributed by atoms with Crippen LogP contribution in [0.3, 0.4) is 0 Å². The molecule has 3 nitrogen and oxygen atoms in total. The fraction of sp³-hybridized carbons (Fsp3) is 0.231. The van der Waals surface area contributed by atoms with Gasteiger partial charge in [0.25, 0.3) is 0 Å². The zero-order valence-corrected chi connectivity index (χ0v) is 11.1. The van der Waals surface area contributed by atoms with Crippen LogP contribution >= 0.6 is 11.8 Å². The standard InChI is InChI=1S/C13H11F3N2OS/c14-13(15,16)12-7-11(20-6-5-17-8-19)9-3-1-2-4-10(9)18-12/h1-4,7-8H,5-6H2,(H,17,19). The first-order chi connectivity index (χ1) is 9.52. The molecule has 7 heteroatoms. The van der Waals surface area contributed by atoms with E-state index in [0.717, 1.165) is 6.07 Å². The summed E-state index contributed by atoms with van der Waals surface area (Å²) in [5.74, 6) is 0.490. The third kappa shape index (κ3) is 3.41. The molecule has 20 heavy (non-hydrogen) atoms. The number of nitrogens with zero attached hydrogens (tertiary/aromatic N) is 1. The van der Waals surface area contributed by atoms with Gasteiger partial charge in [-0.25, -0.2) is 4.98 Å². The zero-order valence-electron chi connectivity index (χ0n) is 10.3. The second kappa shape index (κ2) is 6.13. The quantitative estimate of drug-likeness (QED) is 0.524. The summed E-state index contributed by atoms with van der Waals surface area (Å²) in [5, 5.41) is 3.15. The molecule has 0 saturated heterocycles. The maximum Gasteiger partial charge on any atom is 0.433 e. The molecule has 0 unspecified atom stereocenters. The van der Waals surface area contributed by atoms with Gasteiger partial charge < -0.3 is 5.32 Å². The minimum Gasteiger partial charge on any atom is -0.358 e. The first kappa shape index (κ1) is 14.6. The van der Waals surface area contributed by atoms with E-state index in [1.165, 1.54) is 11.8 Å². The van der Waals surface area contributed by atoms with Crippen molar-refractivity contribution < 1.29 is 18.0 Å². The highest BCUT2D eigenvalue weighted by atomic mass is 32.2. The maximum atomic E-state index is 12.8. The number of benzene rings is 1. The molecule has 106 valence electrons. The van der Waals surface area contributed by atoms with Gasteiger partial charge in [0.15, 0.2) is 0 Å². The fourth-order valence-corrected chi connectivity index (χ4v) is 2.65. The van der Waals surface area contributed by atoms with Crippen LogP contribution in [0.2, 0.25) is 0 Å². The minimum atomic E-state index is -4.47. The highest BCUT2D eigenvalue weighted by Crippen LogP contribution is 2.34. The van der Waals surface area contributed by atoms with Gasteiger partial charge in [-0.05, 0) is 12.1 Å². The Morgan fingerprint density at radius 3 is 2.75 bits per heavy atom. The van der Waals surface area contributed by atoms with Gasteiger partial charge in [0.05, 0.1) is 5.52 Å². The summed E-state index contributed by atoms with van der Waals surface area (Å²) in [6.45, 7) is 0.395. The average molecular weight is 300 g/mol. The molecule has 0 aliphatic rings. The van der Waals surface area contributed by atoms with E-state index >= 15 is 0 Å². The predicted molar refractivity (Wildman–Crippen MR) is 71.5 cm³/mol. The minimum absolute atomic E-state index is 0.313. The number of halogens is 3. The Morgan fingerprint density at radius 1 is 1.30 bits per heavy atom. The Hall–Kier alpha value is -1.76. The van der Waals surface area contributed by atoms with Crippen molar-refractivity contribution in [2.75, 3.05) is 12.3 Å². The number of fused-ring (bicyclic) bond motifs is 1. The van der Waals surface area contributed by atoms with Crippen LogP contribution < -0.4 is 5.32 Å². The first-order valence-corrected chi connectivity index (χ1v) is 6.78. The summed E-state index contributed by atoms with van der Waals surface area (Å²) in [6.07, 6.45) is -3.91. The normalized spacial score (nSPS) is 11.6. The summed E-state index contributed by atoms with van der Waals surface area (Å²) < 4.78 is 38.4. The number of hydrogen-bond acceptors (Lipinski definition) is 3. The van der Waals surface area contributed by atoms with Gasteiger partial charge in [-0.15, -0.1) is 11.8 Å². The van der Waals surface area contributed by atoms with Crippen molar-refractivity contribution in [1.29, 1.82) is 0 Å². The molecular weight excluding hydrogens is 289 g/mol. The molecule has 1 aromatic carbocycles. The van der Waals surface area contributed by atoms with Crippen LogP contribution in [0.5, 0.6) is 0 Å². The number of rotatable bonds is 5. The van der Waals surface area contributed by atoms with E-state index in [2.05, 4.69) is 10.3 Å². The van der Waals surface area contributed by atoms with Crippen molar-refractivity contribution in [3.05, 3.63) is 36.0 Å². The van der Waals surface area contributed by atoms with Crippen molar-refractivity contribution in [3.8, 4) is 0 Å². The molecule has 2 rings (SSSR count). The number of thioether (sulfide) groups is 1. The van der Waals surface area contributed by atoms with Crippen LogP contribution in [0.15, 0.2) is 35.2 Å². The maximum absolute atomic E-state index is 12.8. The number of aromatic nitrogens is 1. The smallest absolute Gasteiger partial charge is 0.358 e. The SMILES string of the molecule is O=CNCCSc1cc(C(F)(F)F)nc2ccccc12. The number of hydrogen-bond donors (Lipinski definition) is 1. The second-order valence-corrected chi connectivity index (χ2v) is 5.08. The van der Waals surface area contributed by atoms with Crippen molar-refractivity contribution in [1.82, 2.24) is 10.3 Å².